The van der Waals surface area contributed by atoms with E-state index in [9.17, 15) is 0 Å². The standard InChI is InChI=1S/C16H23NO2/c1-2-3-4-15-5-7-16(8-6-15)19-14-11-17-9-12-18-13-10-17/h2,5-8H,1,3-4,9-14H2. The first-order chi connectivity index (χ1) is 9.38. The van der Waals surface area contributed by atoms with Crippen LogP contribution >= 0.6 is 0 Å². The number of aryl methyl sites for hydroxylation is 1. The molecule has 104 valence electrons. The quantitative estimate of drug-likeness (QED) is 0.704. The Morgan fingerprint density at radius 3 is 2.63 bits per heavy atom. The van der Waals surface area contributed by atoms with E-state index >= 15 is 0 Å². The van der Waals surface area contributed by atoms with Crippen molar-refractivity contribution in [1.29, 1.82) is 0 Å². The van der Waals surface area contributed by atoms with Gasteiger partial charge in [0.05, 0.1) is 13.2 Å². The minimum atomic E-state index is 0.742. The summed E-state index contributed by atoms with van der Waals surface area (Å²) in [6.45, 7) is 9.18. The fourth-order valence-electron chi connectivity index (χ4n) is 2.14. The van der Waals surface area contributed by atoms with Crippen molar-refractivity contribution in [3.8, 4) is 5.75 Å². The zero-order valence-electron chi connectivity index (χ0n) is 11.5. The molecule has 0 atom stereocenters. The number of hydrogen-bond acceptors (Lipinski definition) is 3. The van der Waals surface area contributed by atoms with Crippen LogP contribution in [0.1, 0.15) is 12.0 Å². The molecular weight excluding hydrogens is 238 g/mol. The predicted octanol–water partition coefficient (Wildman–Crippen LogP) is 2.52. The number of ether oxygens (including phenoxy) is 2. The molecular formula is C16H23NO2. The molecule has 0 amide bonds. The molecule has 0 radical (unpaired) electrons. The maximum absolute atomic E-state index is 5.77. The summed E-state index contributed by atoms with van der Waals surface area (Å²) in [6, 6.07) is 8.37. The van der Waals surface area contributed by atoms with Crippen molar-refractivity contribution < 1.29 is 9.47 Å². The maximum atomic E-state index is 5.77. The largest absolute Gasteiger partial charge is 0.492 e. The van der Waals surface area contributed by atoms with E-state index in [2.05, 4.69) is 35.7 Å². The number of morpholine rings is 1. The molecule has 1 saturated heterocycles. The van der Waals surface area contributed by atoms with Crippen LogP contribution in [-0.4, -0.2) is 44.4 Å². The summed E-state index contributed by atoms with van der Waals surface area (Å²) in [6.07, 6.45) is 4.03. The van der Waals surface area contributed by atoms with Crippen LogP contribution in [0.3, 0.4) is 0 Å². The molecule has 0 N–H and O–H groups in total. The molecule has 1 aromatic rings. The van der Waals surface area contributed by atoms with E-state index < -0.39 is 0 Å². The molecule has 3 nitrogen and oxygen atoms in total. The maximum Gasteiger partial charge on any atom is 0.119 e. The Morgan fingerprint density at radius 2 is 1.95 bits per heavy atom. The van der Waals surface area contributed by atoms with Gasteiger partial charge in [-0.05, 0) is 30.5 Å². The van der Waals surface area contributed by atoms with Gasteiger partial charge in [0.15, 0.2) is 0 Å². The molecule has 0 unspecified atom stereocenters. The molecule has 1 aromatic carbocycles. The minimum absolute atomic E-state index is 0.742. The van der Waals surface area contributed by atoms with Gasteiger partial charge in [0.2, 0.25) is 0 Å². The fourth-order valence-corrected chi connectivity index (χ4v) is 2.14. The highest BCUT2D eigenvalue weighted by Gasteiger charge is 2.09. The zero-order chi connectivity index (χ0) is 13.3. The summed E-state index contributed by atoms with van der Waals surface area (Å²) in [5, 5.41) is 0. The lowest BCUT2D eigenvalue weighted by molar-refractivity contribution is 0.0322. The number of nitrogens with zero attached hydrogens (tertiary/aromatic N) is 1. The number of rotatable bonds is 7. The van der Waals surface area contributed by atoms with Crippen molar-refractivity contribution in [1.82, 2.24) is 4.90 Å². The van der Waals surface area contributed by atoms with Crippen molar-refractivity contribution in [2.24, 2.45) is 0 Å². The van der Waals surface area contributed by atoms with Gasteiger partial charge in [-0.25, -0.2) is 0 Å². The van der Waals surface area contributed by atoms with Crippen molar-refractivity contribution in [3.05, 3.63) is 42.5 Å². The first-order valence-corrected chi connectivity index (χ1v) is 7.01. The third kappa shape index (κ3) is 5.05. The fraction of sp³-hybridized carbons (Fsp3) is 0.500. The van der Waals surface area contributed by atoms with E-state index in [1.165, 1.54) is 5.56 Å². The lowest BCUT2D eigenvalue weighted by atomic mass is 10.1. The van der Waals surface area contributed by atoms with Crippen LogP contribution in [0.15, 0.2) is 36.9 Å². The van der Waals surface area contributed by atoms with Gasteiger partial charge < -0.3 is 9.47 Å². The summed E-state index contributed by atoms with van der Waals surface area (Å²) in [5.41, 5.74) is 1.33. The van der Waals surface area contributed by atoms with E-state index in [4.69, 9.17) is 9.47 Å². The molecule has 3 heteroatoms. The van der Waals surface area contributed by atoms with Crippen LogP contribution in [0.2, 0.25) is 0 Å². The summed E-state index contributed by atoms with van der Waals surface area (Å²) >= 11 is 0. The Hall–Kier alpha value is -1.32. The highest BCUT2D eigenvalue weighted by atomic mass is 16.5. The average Bonchev–Trinajstić information content (AvgIpc) is 2.47. The van der Waals surface area contributed by atoms with Crippen molar-refractivity contribution >= 4 is 0 Å². The highest BCUT2D eigenvalue weighted by molar-refractivity contribution is 5.27. The van der Waals surface area contributed by atoms with E-state index in [-0.39, 0.29) is 0 Å². The van der Waals surface area contributed by atoms with Gasteiger partial charge in [0.1, 0.15) is 12.4 Å². The van der Waals surface area contributed by atoms with E-state index in [1.54, 1.807) is 0 Å². The third-order valence-corrected chi connectivity index (χ3v) is 3.34. The second-order valence-electron chi connectivity index (χ2n) is 4.77. The Labute approximate surface area is 115 Å². The van der Waals surface area contributed by atoms with Gasteiger partial charge in [-0.2, -0.15) is 0 Å². The van der Waals surface area contributed by atoms with E-state index in [0.29, 0.717) is 0 Å². The molecule has 19 heavy (non-hydrogen) atoms. The number of hydrogen-bond donors (Lipinski definition) is 0. The van der Waals surface area contributed by atoms with Crippen molar-refractivity contribution in [3.63, 3.8) is 0 Å². The van der Waals surface area contributed by atoms with Crippen LogP contribution in [0.4, 0.5) is 0 Å². The summed E-state index contributed by atoms with van der Waals surface area (Å²) in [4.78, 5) is 2.38. The van der Waals surface area contributed by atoms with Crippen LogP contribution in [0, 0.1) is 0 Å². The molecule has 0 aromatic heterocycles. The summed E-state index contributed by atoms with van der Waals surface area (Å²) in [7, 11) is 0. The van der Waals surface area contributed by atoms with Crippen LogP contribution in [-0.2, 0) is 11.2 Å². The molecule has 1 aliphatic heterocycles. The SMILES string of the molecule is C=CCCc1ccc(OCCN2CCOCC2)cc1. The summed E-state index contributed by atoms with van der Waals surface area (Å²) < 4.78 is 11.1. The second-order valence-corrected chi connectivity index (χ2v) is 4.77. The molecule has 0 aliphatic carbocycles. The number of benzene rings is 1. The molecule has 0 saturated carbocycles. The van der Waals surface area contributed by atoms with Gasteiger partial charge in [0, 0.05) is 19.6 Å². The Balaban J connectivity index is 1.68. The Bertz CT molecular complexity index is 369. The van der Waals surface area contributed by atoms with E-state index in [0.717, 1.165) is 58.0 Å². The molecule has 1 fully saturated rings. The average molecular weight is 261 g/mol. The van der Waals surface area contributed by atoms with Gasteiger partial charge in [-0.15, -0.1) is 6.58 Å². The molecule has 1 aliphatic rings. The van der Waals surface area contributed by atoms with Gasteiger partial charge in [-0.1, -0.05) is 18.2 Å². The monoisotopic (exact) mass is 261 g/mol. The topological polar surface area (TPSA) is 21.7 Å². The molecule has 0 spiro atoms. The Morgan fingerprint density at radius 1 is 1.21 bits per heavy atom. The van der Waals surface area contributed by atoms with Crippen LogP contribution in [0.5, 0.6) is 5.75 Å². The van der Waals surface area contributed by atoms with E-state index in [1.807, 2.05) is 6.08 Å². The van der Waals surface area contributed by atoms with Crippen LogP contribution < -0.4 is 4.74 Å². The molecule has 2 rings (SSSR count). The van der Waals surface area contributed by atoms with Crippen molar-refractivity contribution in [2.45, 2.75) is 12.8 Å². The molecule has 1 heterocycles. The molecule has 0 bridgehead atoms. The summed E-state index contributed by atoms with van der Waals surface area (Å²) in [5.74, 6) is 0.954. The smallest absolute Gasteiger partial charge is 0.119 e. The second kappa shape index (κ2) is 7.97. The first kappa shape index (κ1) is 14.1. The predicted molar refractivity (Wildman–Crippen MR) is 77.7 cm³/mol. The van der Waals surface area contributed by atoms with Gasteiger partial charge in [-0.3, -0.25) is 4.90 Å². The number of allylic oxidation sites excluding steroid dienone is 1. The Kier molecular flexibility index (Phi) is 5.92. The third-order valence-electron chi connectivity index (χ3n) is 3.34. The van der Waals surface area contributed by atoms with Crippen molar-refractivity contribution in [2.75, 3.05) is 39.5 Å². The minimum Gasteiger partial charge on any atom is -0.492 e. The lowest BCUT2D eigenvalue weighted by Gasteiger charge is -2.26. The normalized spacial score (nSPS) is 16.2. The van der Waals surface area contributed by atoms with Crippen LogP contribution in [0.25, 0.3) is 0 Å². The van der Waals surface area contributed by atoms with Gasteiger partial charge >= 0.3 is 0 Å². The lowest BCUT2D eigenvalue weighted by Crippen LogP contribution is -2.38. The zero-order valence-corrected chi connectivity index (χ0v) is 11.5. The highest BCUT2D eigenvalue weighted by Crippen LogP contribution is 2.13. The van der Waals surface area contributed by atoms with Gasteiger partial charge in [0.25, 0.3) is 0 Å². The first-order valence-electron chi connectivity index (χ1n) is 7.01.